The Labute approximate surface area is 98.3 Å². The second-order valence-electron chi connectivity index (χ2n) is 3.17. The van der Waals surface area contributed by atoms with E-state index in [9.17, 15) is 4.39 Å². The number of rotatable bonds is 5. The number of benzene rings is 1. The van der Waals surface area contributed by atoms with Gasteiger partial charge >= 0.3 is 0 Å². The minimum Gasteiger partial charge on any atom is -0.271 e. The summed E-state index contributed by atoms with van der Waals surface area (Å²) >= 11 is 7.70. The van der Waals surface area contributed by atoms with Crippen LogP contribution in [-0.4, -0.2) is 12.0 Å². The first-order chi connectivity index (χ1) is 7.19. The van der Waals surface area contributed by atoms with Crippen LogP contribution in [0.1, 0.15) is 18.0 Å². The van der Waals surface area contributed by atoms with Crippen molar-refractivity contribution < 1.29 is 4.39 Å². The van der Waals surface area contributed by atoms with Crippen LogP contribution in [0, 0.1) is 5.82 Å². The molecule has 84 valence electrons. The number of hydrogen-bond donors (Lipinski definition) is 2. The molecule has 5 heteroatoms. The molecule has 0 radical (unpaired) electrons. The average Bonchev–Trinajstić information content (AvgIpc) is 2.24. The molecule has 1 atom stereocenters. The average molecular weight is 249 g/mol. The second kappa shape index (κ2) is 6.33. The van der Waals surface area contributed by atoms with Gasteiger partial charge in [0.1, 0.15) is 5.82 Å². The molecular weight excluding hydrogens is 235 g/mol. The molecule has 2 nitrogen and oxygen atoms in total. The Morgan fingerprint density at radius 3 is 2.93 bits per heavy atom. The maximum atomic E-state index is 13.0. The van der Waals surface area contributed by atoms with Crippen molar-refractivity contribution >= 4 is 23.4 Å². The molecule has 0 aliphatic carbocycles. The van der Waals surface area contributed by atoms with Gasteiger partial charge in [0.15, 0.2) is 0 Å². The van der Waals surface area contributed by atoms with Crippen LogP contribution in [0.25, 0.3) is 0 Å². The Kier molecular flexibility index (Phi) is 5.39. The van der Waals surface area contributed by atoms with Crippen LogP contribution >= 0.6 is 23.4 Å². The highest BCUT2D eigenvalue weighted by Gasteiger charge is 2.13. The highest BCUT2D eigenvalue weighted by Crippen LogP contribution is 2.26. The van der Waals surface area contributed by atoms with E-state index in [0.29, 0.717) is 10.6 Å². The van der Waals surface area contributed by atoms with E-state index in [4.69, 9.17) is 17.4 Å². The summed E-state index contributed by atoms with van der Waals surface area (Å²) in [7, 11) is 0. The standard InChI is InChI=1S/C10H14ClFN2S/c1-15-5-4-10(14-13)8-6-7(12)2-3-9(8)11/h2-3,6,10,14H,4-5,13H2,1H3. The van der Waals surface area contributed by atoms with Crippen molar-refractivity contribution in [2.75, 3.05) is 12.0 Å². The van der Waals surface area contributed by atoms with Crippen LogP contribution < -0.4 is 11.3 Å². The molecule has 0 bridgehead atoms. The maximum absolute atomic E-state index is 13.0. The molecule has 1 aromatic carbocycles. The Hall–Kier alpha value is -0.290. The molecule has 1 unspecified atom stereocenters. The minimum atomic E-state index is -0.293. The smallest absolute Gasteiger partial charge is 0.123 e. The summed E-state index contributed by atoms with van der Waals surface area (Å²) < 4.78 is 13.0. The number of nitrogens with one attached hydrogen (secondary N) is 1. The van der Waals surface area contributed by atoms with Gasteiger partial charge in [0, 0.05) is 11.1 Å². The number of hydrogen-bond acceptors (Lipinski definition) is 3. The van der Waals surface area contributed by atoms with Crippen molar-refractivity contribution in [3.05, 3.63) is 34.6 Å². The summed E-state index contributed by atoms with van der Waals surface area (Å²) in [4.78, 5) is 0. The Morgan fingerprint density at radius 1 is 1.60 bits per heavy atom. The van der Waals surface area contributed by atoms with E-state index >= 15 is 0 Å². The van der Waals surface area contributed by atoms with Gasteiger partial charge in [0.2, 0.25) is 0 Å². The van der Waals surface area contributed by atoms with Crippen LogP contribution in [0.15, 0.2) is 18.2 Å². The molecule has 0 spiro atoms. The van der Waals surface area contributed by atoms with E-state index in [1.54, 1.807) is 17.8 Å². The summed E-state index contributed by atoms with van der Waals surface area (Å²) in [6.07, 6.45) is 2.83. The lowest BCUT2D eigenvalue weighted by Crippen LogP contribution is -2.28. The van der Waals surface area contributed by atoms with Gasteiger partial charge in [-0.3, -0.25) is 11.3 Å². The van der Waals surface area contributed by atoms with Crippen LogP contribution in [0.4, 0.5) is 4.39 Å². The summed E-state index contributed by atoms with van der Waals surface area (Å²) in [6.45, 7) is 0. The Bertz CT molecular complexity index is 322. The fourth-order valence-electron chi connectivity index (χ4n) is 1.35. The molecule has 3 N–H and O–H groups in total. The van der Waals surface area contributed by atoms with Gasteiger partial charge in [0.05, 0.1) is 0 Å². The van der Waals surface area contributed by atoms with Gasteiger partial charge in [-0.15, -0.1) is 0 Å². The predicted octanol–water partition coefficient (Wildman–Crippen LogP) is 2.74. The monoisotopic (exact) mass is 248 g/mol. The van der Waals surface area contributed by atoms with Crippen LogP contribution in [-0.2, 0) is 0 Å². The molecular formula is C10H14ClFN2S. The van der Waals surface area contributed by atoms with E-state index in [1.807, 2.05) is 6.26 Å². The third-order valence-corrected chi connectivity index (χ3v) is 3.13. The number of halogens is 2. The number of thioether (sulfide) groups is 1. The molecule has 0 heterocycles. The van der Waals surface area contributed by atoms with Gasteiger partial charge in [-0.05, 0) is 42.2 Å². The van der Waals surface area contributed by atoms with Crippen LogP contribution in [0.2, 0.25) is 5.02 Å². The van der Waals surface area contributed by atoms with Gasteiger partial charge in [-0.2, -0.15) is 11.8 Å². The third-order valence-electron chi connectivity index (χ3n) is 2.15. The van der Waals surface area contributed by atoms with Crippen molar-refractivity contribution in [2.45, 2.75) is 12.5 Å². The Morgan fingerprint density at radius 2 is 2.33 bits per heavy atom. The normalized spacial score (nSPS) is 12.8. The topological polar surface area (TPSA) is 38.0 Å². The van der Waals surface area contributed by atoms with E-state index in [-0.39, 0.29) is 11.9 Å². The fraction of sp³-hybridized carbons (Fsp3) is 0.400. The SMILES string of the molecule is CSCCC(NN)c1cc(F)ccc1Cl. The fourth-order valence-corrected chi connectivity index (χ4v) is 2.07. The maximum Gasteiger partial charge on any atom is 0.123 e. The lowest BCUT2D eigenvalue weighted by atomic mass is 10.1. The quantitative estimate of drug-likeness (QED) is 0.622. The molecule has 0 aromatic heterocycles. The van der Waals surface area contributed by atoms with E-state index in [1.165, 1.54) is 12.1 Å². The van der Waals surface area contributed by atoms with Crippen molar-refractivity contribution in [1.82, 2.24) is 5.43 Å². The van der Waals surface area contributed by atoms with Gasteiger partial charge in [0.25, 0.3) is 0 Å². The van der Waals surface area contributed by atoms with E-state index < -0.39 is 0 Å². The minimum absolute atomic E-state index is 0.0966. The van der Waals surface area contributed by atoms with Crippen LogP contribution in [0.5, 0.6) is 0 Å². The number of nitrogens with two attached hydrogens (primary N) is 1. The third kappa shape index (κ3) is 3.65. The molecule has 0 aliphatic heterocycles. The van der Waals surface area contributed by atoms with Gasteiger partial charge in [-0.25, -0.2) is 4.39 Å². The zero-order valence-corrected chi connectivity index (χ0v) is 10.0. The van der Waals surface area contributed by atoms with Gasteiger partial charge in [-0.1, -0.05) is 11.6 Å². The lowest BCUT2D eigenvalue weighted by Gasteiger charge is -2.17. The molecule has 0 aliphatic rings. The van der Waals surface area contributed by atoms with Crippen molar-refractivity contribution in [3.8, 4) is 0 Å². The van der Waals surface area contributed by atoms with Crippen molar-refractivity contribution in [2.24, 2.45) is 5.84 Å². The van der Waals surface area contributed by atoms with Gasteiger partial charge < -0.3 is 0 Å². The first-order valence-corrected chi connectivity index (χ1v) is 6.36. The number of hydrazine groups is 1. The predicted molar refractivity (Wildman–Crippen MR) is 64.5 cm³/mol. The van der Waals surface area contributed by atoms with E-state index in [2.05, 4.69) is 5.43 Å². The molecule has 0 saturated carbocycles. The lowest BCUT2D eigenvalue weighted by molar-refractivity contribution is 0.536. The Balaban J connectivity index is 2.85. The molecule has 1 rings (SSSR count). The highest BCUT2D eigenvalue weighted by atomic mass is 35.5. The summed E-state index contributed by atoms with van der Waals surface area (Å²) in [6, 6.07) is 4.22. The zero-order valence-electron chi connectivity index (χ0n) is 8.47. The zero-order chi connectivity index (χ0) is 11.3. The largest absolute Gasteiger partial charge is 0.271 e. The molecule has 15 heavy (non-hydrogen) atoms. The first-order valence-electron chi connectivity index (χ1n) is 4.59. The summed E-state index contributed by atoms with van der Waals surface area (Å²) in [5.74, 6) is 6.08. The van der Waals surface area contributed by atoms with Crippen molar-refractivity contribution in [1.29, 1.82) is 0 Å². The first kappa shape index (κ1) is 12.8. The molecule has 0 saturated heterocycles. The second-order valence-corrected chi connectivity index (χ2v) is 4.56. The summed E-state index contributed by atoms with van der Waals surface area (Å²) in [5, 5.41) is 0.542. The molecule has 1 aromatic rings. The van der Waals surface area contributed by atoms with Crippen molar-refractivity contribution in [3.63, 3.8) is 0 Å². The van der Waals surface area contributed by atoms with E-state index in [0.717, 1.165) is 12.2 Å². The molecule has 0 fully saturated rings. The molecule has 0 amide bonds. The van der Waals surface area contributed by atoms with Crippen LogP contribution in [0.3, 0.4) is 0 Å². The highest BCUT2D eigenvalue weighted by molar-refractivity contribution is 7.98. The summed E-state index contributed by atoms with van der Waals surface area (Å²) in [5.41, 5.74) is 3.37.